The maximum Gasteiger partial charge on any atom is 0.118 e. The highest BCUT2D eigenvalue weighted by Gasteiger charge is 2.12. The molecule has 0 heterocycles. The van der Waals surface area contributed by atoms with E-state index in [9.17, 15) is 0 Å². The molecule has 0 saturated heterocycles. The van der Waals surface area contributed by atoms with Crippen LogP contribution in [0.2, 0.25) is 5.02 Å². The van der Waals surface area contributed by atoms with E-state index in [1.165, 1.54) is 11.1 Å². The molecule has 0 atom stereocenters. The van der Waals surface area contributed by atoms with E-state index in [0.717, 1.165) is 35.3 Å². The van der Waals surface area contributed by atoms with Crippen molar-refractivity contribution in [3.05, 3.63) is 88.9 Å². The number of para-hydroxylation sites is 1. The summed E-state index contributed by atoms with van der Waals surface area (Å²) in [5, 5.41) is 0.745. The summed E-state index contributed by atoms with van der Waals surface area (Å²) in [7, 11) is 3.35. The Kier molecular flexibility index (Phi) is 6.03. The normalized spacial score (nSPS) is 10.4. The lowest BCUT2D eigenvalue weighted by Crippen LogP contribution is -2.22. The van der Waals surface area contributed by atoms with E-state index < -0.39 is 0 Å². The Balaban J connectivity index is 1.86. The van der Waals surface area contributed by atoms with Crippen molar-refractivity contribution in [3.63, 3.8) is 0 Å². The van der Waals surface area contributed by atoms with Gasteiger partial charge in [-0.1, -0.05) is 48.0 Å². The maximum atomic E-state index is 6.47. The van der Waals surface area contributed by atoms with Gasteiger partial charge in [0.15, 0.2) is 0 Å². The van der Waals surface area contributed by atoms with Crippen LogP contribution in [0.3, 0.4) is 0 Å². The van der Waals surface area contributed by atoms with Crippen LogP contribution in [0.1, 0.15) is 11.1 Å². The third kappa shape index (κ3) is 4.50. The van der Waals surface area contributed by atoms with Gasteiger partial charge in [-0.2, -0.15) is 0 Å². The molecule has 4 heteroatoms. The van der Waals surface area contributed by atoms with E-state index in [1.807, 2.05) is 42.5 Å². The van der Waals surface area contributed by atoms with Crippen LogP contribution in [0.5, 0.6) is 11.5 Å². The predicted octanol–water partition coefficient (Wildman–Crippen LogP) is 5.56. The van der Waals surface area contributed by atoms with E-state index in [1.54, 1.807) is 14.2 Å². The minimum atomic E-state index is 0.745. The number of halogens is 1. The molecule has 0 amide bonds. The SMILES string of the molecule is COc1ccc(CN(Cc2ccc(OC)cc2)c2ccccc2Cl)cc1. The van der Waals surface area contributed by atoms with Gasteiger partial charge in [0.25, 0.3) is 0 Å². The van der Waals surface area contributed by atoms with Crippen molar-refractivity contribution in [2.75, 3.05) is 19.1 Å². The molecule has 0 fully saturated rings. The molecule has 0 aliphatic carbocycles. The summed E-state index contributed by atoms with van der Waals surface area (Å²) in [5.41, 5.74) is 3.40. The quantitative estimate of drug-likeness (QED) is 0.545. The summed E-state index contributed by atoms with van der Waals surface area (Å²) in [6, 6.07) is 24.2. The van der Waals surface area contributed by atoms with E-state index in [-0.39, 0.29) is 0 Å². The van der Waals surface area contributed by atoms with Crippen molar-refractivity contribution in [3.8, 4) is 11.5 Å². The zero-order valence-electron chi connectivity index (χ0n) is 15.0. The number of methoxy groups -OCH3 is 2. The molecule has 134 valence electrons. The number of hydrogen-bond donors (Lipinski definition) is 0. The molecule has 0 aliphatic heterocycles. The molecule has 0 N–H and O–H groups in total. The van der Waals surface area contributed by atoms with E-state index in [2.05, 4.69) is 35.2 Å². The summed E-state index contributed by atoms with van der Waals surface area (Å²) < 4.78 is 10.5. The molecule has 0 spiro atoms. The summed E-state index contributed by atoms with van der Waals surface area (Å²) in [6.07, 6.45) is 0. The van der Waals surface area contributed by atoms with Gasteiger partial charge in [-0.15, -0.1) is 0 Å². The van der Waals surface area contributed by atoms with Crippen LogP contribution in [0.25, 0.3) is 0 Å². The summed E-state index contributed by atoms with van der Waals surface area (Å²) in [4.78, 5) is 2.27. The largest absolute Gasteiger partial charge is 0.497 e. The first-order valence-corrected chi connectivity index (χ1v) is 8.82. The van der Waals surface area contributed by atoms with Gasteiger partial charge < -0.3 is 14.4 Å². The highest BCUT2D eigenvalue weighted by atomic mass is 35.5. The van der Waals surface area contributed by atoms with Crippen LogP contribution in [0, 0.1) is 0 Å². The Labute approximate surface area is 159 Å². The van der Waals surface area contributed by atoms with Gasteiger partial charge in [-0.25, -0.2) is 0 Å². The smallest absolute Gasteiger partial charge is 0.118 e. The standard InChI is InChI=1S/C22H22ClNO2/c1-25-19-11-7-17(8-12-19)15-24(22-6-4-3-5-21(22)23)16-18-9-13-20(26-2)14-10-18/h3-14H,15-16H2,1-2H3. The van der Waals surface area contributed by atoms with Gasteiger partial charge >= 0.3 is 0 Å². The van der Waals surface area contributed by atoms with Gasteiger partial charge in [0.2, 0.25) is 0 Å². The number of anilines is 1. The van der Waals surface area contributed by atoms with Gasteiger partial charge in [-0.3, -0.25) is 0 Å². The molecule has 26 heavy (non-hydrogen) atoms. The molecule has 0 unspecified atom stereocenters. The average Bonchev–Trinajstić information content (AvgIpc) is 2.69. The van der Waals surface area contributed by atoms with Gasteiger partial charge in [0.05, 0.1) is 24.9 Å². The third-order valence-corrected chi connectivity index (χ3v) is 4.58. The fourth-order valence-corrected chi connectivity index (χ4v) is 3.09. The highest BCUT2D eigenvalue weighted by molar-refractivity contribution is 6.33. The zero-order chi connectivity index (χ0) is 18.4. The third-order valence-electron chi connectivity index (χ3n) is 4.26. The van der Waals surface area contributed by atoms with Gasteiger partial charge in [0.1, 0.15) is 11.5 Å². The van der Waals surface area contributed by atoms with E-state index in [4.69, 9.17) is 21.1 Å². The fraction of sp³-hybridized carbons (Fsp3) is 0.182. The van der Waals surface area contributed by atoms with Crippen molar-refractivity contribution in [1.29, 1.82) is 0 Å². The minimum Gasteiger partial charge on any atom is -0.497 e. The molecular formula is C22H22ClNO2. The lowest BCUT2D eigenvalue weighted by Gasteiger charge is -2.26. The van der Waals surface area contributed by atoms with E-state index >= 15 is 0 Å². The maximum absolute atomic E-state index is 6.47. The molecule has 0 bridgehead atoms. The van der Waals surface area contributed by atoms with E-state index in [0.29, 0.717) is 0 Å². The first kappa shape index (κ1) is 18.2. The van der Waals surface area contributed by atoms with Crippen LogP contribution < -0.4 is 14.4 Å². The number of rotatable bonds is 7. The van der Waals surface area contributed by atoms with Crippen LogP contribution in [0.15, 0.2) is 72.8 Å². The molecule has 3 nitrogen and oxygen atoms in total. The number of nitrogens with zero attached hydrogens (tertiary/aromatic N) is 1. The minimum absolute atomic E-state index is 0.745. The lowest BCUT2D eigenvalue weighted by molar-refractivity contribution is 0.414. The van der Waals surface area contributed by atoms with Crippen molar-refractivity contribution >= 4 is 17.3 Å². The van der Waals surface area contributed by atoms with Gasteiger partial charge in [0, 0.05) is 13.1 Å². The molecule has 3 rings (SSSR count). The number of benzene rings is 3. The van der Waals surface area contributed by atoms with Crippen molar-refractivity contribution in [2.24, 2.45) is 0 Å². The second-order valence-corrected chi connectivity index (χ2v) is 6.41. The Morgan fingerprint density at radius 2 is 1.15 bits per heavy atom. The Morgan fingerprint density at radius 3 is 1.58 bits per heavy atom. The van der Waals surface area contributed by atoms with Crippen LogP contribution >= 0.6 is 11.6 Å². The lowest BCUT2D eigenvalue weighted by atomic mass is 10.1. The highest BCUT2D eigenvalue weighted by Crippen LogP contribution is 2.29. The molecular weight excluding hydrogens is 346 g/mol. The summed E-state index contributed by atoms with van der Waals surface area (Å²) in [6.45, 7) is 1.50. The summed E-state index contributed by atoms with van der Waals surface area (Å²) >= 11 is 6.47. The Hall–Kier alpha value is -2.65. The fourth-order valence-electron chi connectivity index (χ4n) is 2.84. The first-order chi connectivity index (χ1) is 12.7. The van der Waals surface area contributed by atoms with Crippen LogP contribution in [0.4, 0.5) is 5.69 Å². The van der Waals surface area contributed by atoms with Crippen LogP contribution in [-0.2, 0) is 13.1 Å². The topological polar surface area (TPSA) is 21.7 Å². The number of hydrogen-bond acceptors (Lipinski definition) is 3. The summed E-state index contributed by atoms with van der Waals surface area (Å²) in [5.74, 6) is 1.71. The second-order valence-electron chi connectivity index (χ2n) is 6.00. The Bertz CT molecular complexity index is 782. The molecule has 0 radical (unpaired) electrons. The molecule has 0 aliphatic rings. The van der Waals surface area contributed by atoms with Crippen LogP contribution in [-0.4, -0.2) is 14.2 Å². The molecule has 0 aromatic heterocycles. The molecule has 3 aromatic carbocycles. The Morgan fingerprint density at radius 1 is 0.692 bits per heavy atom. The average molecular weight is 368 g/mol. The van der Waals surface area contributed by atoms with Gasteiger partial charge in [-0.05, 0) is 47.5 Å². The number of ether oxygens (including phenoxy) is 2. The first-order valence-electron chi connectivity index (χ1n) is 8.45. The van der Waals surface area contributed by atoms with Crippen molar-refractivity contribution < 1.29 is 9.47 Å². The second kappa shape index (κ2) is 8.63. The predicted molar refractivity (Wildman–Crippen MR) is 107 cm³/mol. The molecule has 0 saturated carbocycles. The monoisotopic (exact) mass is 367 g/mol. The molecule has 3 aromatic rings. The zero-order valence-corrected chi connectivity index (χ0v) is 15.7. The van der Waals surface area contributed by atoms with Crippen molar-refractivity contribution in [1.82, 2.24) is 0 Å². The van der Waals surface area contributed by atoms with Crippen molar-refractivity contribution in [2.45, 2.75) is 13.1 Å².